The molecule has 0 bridgehead atoms. The molecule has 0 unspecified atom stereocenters. The van der Waals surface area contributed by atoms with E-state index in [0.717, 1.165) is 31.0 Å². The number of benzene rings is 2. The lowest BCUT2D eigenvalue weighted by Crippen LogP contribution is -1.98. The maximum absolute atomic E-state index is 5.97. The summed E-state index contributed by atoms with van der Waals surface area (Å²) in [4.78, 5) is 4.56. The number of halogens is 2. The molecule has 0 radical (unpaired) electrons. The second kappa shape index (κ2) is 5.37. The fourth-order valence-electron chi connectivity index (χ4n) is 1.77. The lowest BCUT2D eigenvalue weighted by atomic mass is 10.3. The van der Waals surface area contributed by atoms with E-state index in [0.29, 0.717) is 6.54 Å². The first-order valence-electron chi connectivity index (χ1n) is 5.75. The monoisotopic (exact) mass is 308 g/mol. The van der Waals surface area contributed by atoms with Gasteiger partial charge in [0.2, 0.25) is 0 Å². The fourth-order valence-corrected chi connectivity index (χ4v) is 3.08. The molecule has 1 heterocycles. The Bertz CT molecular complexity index is 707. The SMILES string of the molecule is Clc1ccc(NCc2nc3ccc(Cl)cc3s2)cc1. The highest BCUT2D eigenvalue weighted by atomic mass is 35.5. The van der Waals surface area contributed by atoms with Crippen molar-refractivity contribution in [2.45, 2.75) is 6.54 Å². The van der Waals surface area contributed by atoms with E-state index in [1.54, 1.807) is 11.3 Å². The van der Waals surface area contributed by atoms with Crippen LogP contribution in [-0.2, 0) is 6.54 Å². The molecule has 2 nitrogen and oxygen atoms in total. The predicted octanol–water partition coefficient (Wildman–Crippen LogP) is 5.22. The summed E-state index contributed by atoms with van der Waals surface area (Å²) in [6, 6.07) is 13.4. The third-order valence-electron chi connectivity index (χ3n) is 2.68. The van der Waals surface area contributed by atoms with Crippen molar-refractivity contribution in [1.29, 1.82) is 0 Å². The van der Waals surface area contributed by atoms with Crippen molar-refractivity contribution in [2.24, 2.45) is 0 Å². The lowest BCUT2D eigenvalue weighted by Gasteiger charge is -2.03. The quantitative estimate of drug-likeness (QED) is 0.718. The maximum Gasteiger partial charge on any atom is 0.113 e. The molecule has 1 N–H and O–H groups in total. The Balaban J connectivity index is 1.76. The van der Waals surface area contributed by atoms with Gasteiger partial charge < -0.3 is 5.32 Å². The summed E-state index contributed by atoms with van der Waals surface area (Å²) >= 11 is 13.5. The van der Waals surface area contributed by atoms with E-state index in [1.165, 1.54) is 0 Å². The molecule has 3 aromatic rings. The van der Waals surface area contributed by atoms with Gasteiger partial charge in [0.05, 0.1) is 16.8 Å². The molecule has 0 aliphatic carbocycles. The molecule has 0 aliphatic rings. The molecule has 96 valence electrons. The number of fused-ring (bicyclic) bond motifs is 1. The van der Waals surface area contributed by atoms with Crippen LogP contribution in [0, 0.1) is 0 Å². The van der Waals surface area contributed by atoms with Gasteiger partial charge in [-0.2, -0.15) is 0 Å². The van der Waals surface area contributed by atoms with Crippen LogP contribution in [0.3, 0.4) is 0 Å². The van der Waals surface area contributed by atoms with Gasteiger partial charge in [-0.15, -0.1) is 11.3 Å². The van der Waals surface area contributed by atoms with E-state index in [4.69, 9.17) is 23.2 Å². The summed E-state index contributed by atoms with van der Waals surface area (Å²) in [6.07, 6.45) is 0. The first-order chi connectivity index (χ1) is 9.20. The van der Waals surface area contributed by atoms with Gasteiger partial charge in [0.25, 0.3) is 0 Å². The minimum absolute atomic E-state index is 0.693. The molecule has 0 saturated heterocycles. The standard InChI is InChI=1S/C14H10Cl2N2S/c15-9-1-4-11(5-2-9)17-8-14-18-12-6-3-10(16)7-13(12)19-14/h1-7,17H,8H2. The maximum atomic E-state index is 5.97. The predicted molar refractivity (Wildman–Crippen MR) is 83.4 cm³/mol. The smallest absolute Gasteiger partial charge is 0.113 e. The topological polar surface area (TPSA) is 24.9 Å². The molecular formula is C14H10Cl2N2S. The van der Waals surface area contributed by atoms with Gasteiger partial charge in [0.15, 0.2) is 0 Å². The Kier molecular flexibility index (Phi) is 3.60. The zero-order chi connectivity index (χ0) is 13.2. The number of hydrogen-bond donors (Lipinski definition) is 1. The van der Waals surface area contributed by atoms with Crippen molar-refractivity contribution in [2.75, 3.05) is 5.32 Å². The van der Waals surface area contributed by atoms with E-state index >= 15 is 0 Å². The number of anilines is 1. The highest BCUT2D eigenvalue weighted by molar-refractivity contribution is 7.18. The summed E-state index contributed by atoms with van der Waals surface area (Å²) in [7, 11) is 0. The van der Waals surface area contributed by atoms with Gasteiger partial charge in [0, 0.05) is 15.7 Å². The second-order valence-electron chi connectivity index (χ2n) is 4.08. The van der Waals surface area contributed by atoms with E-state index < -0.39 is 0 Å². The van der Waals surface area contributed by atoms with Crippen LogP contribution in [0.25, 0.3) is 10.2 Å². The number of nitrogens with zero attached hydrogens (tertiary/aromatic N) is 1. The van der Waals surface area contributed by atoms with Crippen LogP contribution in [0.4, 0.5) is 5.69 Å². The average Bonchev–Trinajstić information content (AvgIpc) is 2.80. The highest BCUT2D eigenvalue weighted by Gasteiger charge is 2.04. The van der Waals surface area contributed by atoms with Crippen molar-refractivity contribution >= 4 is 50.4 Å². The zero-order valence-corrected chi connectivity index (χ0v) is 12.2. The normalized spacial score (nSPS) is 10.8. The molecule has 0 aliphatic heterocycles. The average molecular weight is 309 g/mol. The number of thiazole rings is 1. The molecule has 0 amide bonds. The van der Waals surface area contributed by atoms with E-state index in [9.17, 15) is 0 Å². The number of rotatable bonds is 3. The number of aromatic nitrogens is 1. The van der Waals surface area contributed by atoms with Gasteiger partial charge in [-0.05, 0) is 42.5 Å². The fraction of sp³-hybridized carbons (Fsp3) is 0.0714. The molecule has 1 aromatic heterocycles. The van der Waals surface area contributed by atoms with Crippen molar-refractivity contribution in [3.8, 4) is 0 Å². The molecule has 19 heavy (non-hydrogen) atoms. The van der Waals surface area contributed by atoms with Crippen molar-refractivity contribution in [3.05, 3.63) is 57.5 Å². The van der Waals surface area contributed by atoms with Crippen LogP contribution in [0.2, 0.25) is 10.0 Å². The van der Waals surface area contributed by atoms with Gasteiger partial charge in [-0.3, -0.25) is 0 Å². The van der Waals surface area contributed by atoms with Crippen LogP contribution < -0.4 is 5.32 Å². The second-order valence-corrected chi connectivity index (χ2v) is 6.07. The Morgan fingerprint density at radius 3 is 2.53 bits per heavy atom. The van der Waals surface area contributed by atoms with Crippen LogP contribution in [0.15, 0.2) is 42.5 Å². The first kappa shape index (κ1) is 12.7. The molecule has 0 fully saturated rings. The van der Waals surface area contributed by atoms with Crippen molar-refractivity contribution < 1.29 is 0 Å². The van der Waals surface area contributed by atoms with E-state index in [2.05, 4.69) is 10.3 Å². The summed E-state index contributed by atoms with van der Waals surface area (Å²) in [5.74, 6) is 0. The first-order valence-corrected chi connectivity index (χ1v) is 7.32. The van der Waals surface area contributed by atoms with Crippen LogP contribution in [0.1, 0.15) is 5.01 Å². The van der Waals surface area contributed by atoms with Crippen molar-refractivity contribution in [1.82, 2.24) is 4.98 Å². The summed E-state index contributed by atoms with van der Waals surface area (Å²) < 4.78 is 1.11. The Morgan fingerprint density at radius 2 is 1.74 bits per heavy atom. The molecule has 0 saturated carbocycles. The molecule has 2 aromatic carbocycles. The van der Waals surface area contributed by atoms with Crippen LogP contribution in [0.5, 0.6) is 0 Å². The highest BCUT2D eigenvalue weighted by Crippen LogP contribution is 2.25. The third-order valence-corrected chi connectivity index (χ3v) is 4.19. The lowest BCUT2D eigenvalue weighted by molar-refractivity contribution is 1.12. The van der Waals surface area contributed by atoms with Crippen LogP contribution >= 0.6 is 34.5 Å². The van der Waals surface area contributed by atoms with E-state index in [1.807, 2.05) is 42.5 Å². The Labute approximate surface area is 125 Å². The van der Waals surface area contributed by atoms with E-state index in [-0.39, 0.29) is 0 Å². The number of nitrogens with one attached hydrogen (secondary N) is 1. The van der Waals surface area contributed by atoms with Crippen LogP contribution in [-0.4, -0.2) is 4.98 Å². The minimum atomic E-state index is 0.693. The van der Waals surface area contributed by atoms with Gasteiger partial charge in [-0.1, -0.05) is 23.2 Å². The summed E-state index contributed by atoms with van der Waals surface area (Å²) in [5.41, 5.74) is 2.02. The number of hydrogen-bond acceptors (Lipinski definition) is 3. The Hall–Kier alpha value is -1.29. The molecule has 0 atom stereocenters. The Morgan fingerprint density at radius 1 is 1.00 bits per heavy atom. The van der Waals surface area contributed by atoms with Gasteiger partial charge >= 0.3 is 0 Å². The largest absolute Gasteiger partial charge is 0.379 e. The molecule has 5 heteroatoms. The van der Waals surface area contributed by atoms with Gasteiger partial charge in [-0.25, -0.2) is 4.98 Å². The van der Waals surface area contributed by atoms with Crippen molar-refractivity contribution in [3.63, 3.8) is 0 Å². The molecular weight excluding hydrogens is 299 g/mol. The molecule has 3 rings (SSSR count). The summed E-state index contributed by atoms with van der Waals surface area (Å²) in [6.45, 7) is 0.693. The minimum Gasteiger partial charge on any atom is -0.379 e. The zero-order valence-electron chi connectivity index (χ0n) is 9.86. The summed E-state index contributed by atoms with van der Waals surface area (Å²) in [5, 5.41) is 5.83. The third kappa shape index (κ3) is 3.00. The van der Waals surface area contributed by atoms with Gasteiger partial charge in [0.1, 0.15) is 5.01 Å². The molecule has 0 spiro atoms.